The fourth-order valence-corrected chi connectivity index (χ4v) is 4.97. The van der Waals surface area contributed by atoms with E-state index in [9.17, 15) is 13.2 Å². The van der Waals surface area contributed by atoms with E-state index in [1.807, 2.05) is 30.3 Å². The Morgan fingerprint density at radius 3 is 2.63 bits per heavy atom. The second kappa shape index (κ2) is 11.1. The Morgan fingerprint density at radius 2 is 2.00 bits per heavy atom. The minimum absolute atomic E-state index is 0.0158. The van der Waals surface area contributed by atoms with Gasteiger partial charge in [0.05, 0.1) is 25.3 Å². The third-order valence-electron chi connectivity index (χ3n) is 6.19. The summed E-state index contributed by atoms with van der Waals surface area (Å²) in [7, 11) is -2.48. The van der Waals surface area contributed by atoms with Crippen molar-refractivity contribution in [3.05, 3.63) is 47.4 Å². The zero-order valence-electron chi connectivity index (χ0n) is 21.1. The molecule has 1 aromatic carbocycles. The highest BCUT2D eigenvalue weighted by molar-refractivity contribution is 7.85. The predicted molar refractivity (Wildman–Crippen MR) is 135 cm³/mol. The topological polar surface area (TPSA) is 167 Å². The fourth-order valence-electron chi connectivity index (χ4n) is 4.35. The molecule has 13 nitrogen and oxygen atoms in total. The van der Waals surface area contributed by atoms with Crippen LogP contribution in [0.2, 0.25) is 5.15 Å². The van der Waals surface area contributed by atoms with Crippen LogP contribution in [-0.2, 0) is 44.7 Å². The van der Waals surface area contributed by atoms with E-state index in [1.54, 1.807) is 6.92 Å². The first-order valence-electron chi connectivity index (χ1n) is 11.5. The molecule has 3 aromatic rings. The number of halogens is 1. The number of nitrogens with zero attached hydrogens (tertiary/aromatic N) is 4. The molecule has 3 heterocycles. The number of hydrogen-bond donors (Lipinski definition) is 1. The molecule has 5 atom stereocenters. The van der Waals surface area contributed by atoms with E-state index < -0.39 is 52.8 Å². The van der Waals surface area contributed by atoms with Crippen LogP contribution in [0.15, 0.2) is 36.7 Å². The molecular formula is C23H28ClN5O8S. The second-order valence-corrected chi connectivity index (χ2v) is 10.8. The SMILES string of the molecule is COC(C)[C@@]1(COS(C)(=O)=O)O[C@@H](n2cnc3c(Cl)nc(N)nc32)[C@H](OC(C)=O)[C@@H]1OCc1ccccc1. The van der Waals surface area contributed by atoms with E-state index >= 15 is 0 Å². The largest absolute Gasteiger partial charge is 0.455 e. The van der Waals surface area contributed by atoms with Gasteiger partial charge in [-0.15, -0.1) is 0 Å². The lowest BCUT2D eigenvalue weighted by atomic mass is 9.90. The first-order chi connectivity index (χ1) is 17.9. The minimum Gasteiger partial charge on any atom is -0.455 e. The molecule has 0 bridgehead atoms. The summed E-state index contributed by atoms with van der Waals surface area (Å²) in [5.74, 6) is -0.738. The van der Waals surface area contributed by atoms with Crippen LogP contribution in [0.25, 0.3) is 11.2 Å². The van der Waals surface area contributed by atoms with Crippen molar-refractivity contribution in [2.24, 2.45) is 0 Å². The maximum absolute atomic E-state index is 12.3. The molecule has 2 N–H and O–H groups in total. The maximum atomic E-state index is 12.3. The highest BCUT2D eigenvalue weighted by Crippen LogP contribution is 2.45. The van der Waals surface area contributed by atoms with E-state index in [4.69, 9.17) is 40.5 Å². The predicted octanol–water partition coefficient (Wildman–Crippen LogP) is 1.86. The summed E-state index contributed by atoms with van der Waals surface area (Å²) < 4.78 is 55.0. The van der Waals surface area contributed by atoms with Gasteiger partial charge in [0.25, 0.3) is 10.1 Å². The zero-order chi connectivity index (χ0) is 27.7. The van der Waals surface area contributed by atoms with Crippen molar-refractivity contribution < 1.29 is 36.3 Å². The van der Waals surface area contributed by atoms with Crippen LogP contribution >= 0.6 is 11.6 Å². The number of nitrogens with two attached hydrogens (primary N) is 1. The molecule has 1 unspecified atom stereocenters. The molecule has 4 rings (SSSR count). The van der Waals surface area contributed by atoms with Gasteiger partial charge in [-0.3, -0.25) is 13.5 Å². The molecule has 1 fully saturated rings. The maximum Gasteiger partial charge on any atom is 0.303 e. The molecule has 2 aromatic heterocycles. The molecule has 1 aliphatic rings. The van der Waals surface area contributed by atoms with Gasteiger partial charge in [0, 0.05) is 14.0 Å². The normalized spacial score (nSPS) is 24.5. The lowest BCUT2D eigenvalue weighted by molar-refractivity contribution is -0.192. The number of esters is 1. The molecule has 1 aliphatic heterocycles. The number of imidazole rings is 1. The van der Waals surface area contributed by atoms with Crippen LogP contribution in [0.3, 0.4) is 0 Å². The van der Waals surface area contributed by atoms with Crippen molar-refractivity contribution in [3.8, 4) is 0 Å². The Bertz CT molecular complexity index is 1410. The number of fused-ring (bicyclic) bond motifs is 1. The summed E-state index contributed by atoms with van der Waals surface area (Å²) in [6.45, 7) is 2.49. The van der Waals surface area contributed by atoms with Gasteiger partial charge in [-0.05, 0) is 12.5 Å². The Labute approximate surface area is 224 Å². The van der Waals surface area contributed by atoms with Crippen LogP contribution in [0.5, 0.6) is 0 Å². The third kappa shape index (κ3) is 5.75. The van der Waals surface area contributed by atoms with Crippen LogP contribution in [0.1, 0.15) is 25.6 Å². The van der Waals surface area contributed by atoms with Crippen LogP contribution in [0, 0.1) is 0 Å². The number of methoxy groups -OCH3 is 1. The van der Waals surface area contributed by atoms with Crippen LogP contribution in [-0.4, -0.2) is 77.8 Å². The number of rotatable bonds is 10. The Morgan fingerprint density at radius 1 is 1.29 bits per heavy atom. The van der Waals surface area contributed by atoms with Gasteiger partial charge in [-0.2, -0.15) is 18.4 Å². The summed E-state index contributed by atoms with van der Waals surface area (Å²) in [4.78, 5) is 24.7. The zero-order valence-corrected chi connectivity index (χ0v) is 22.7. The first-order valence-corrected chi connectivity index (χ1v) is 13.7. The minimum atomic E-state index is -3.91. The van der Waals surface area contributed by atoms with E-state index in [0.29, 0.717) is 0 Å². The standard InChI is InChI=1S/C23H28ClN5O8S/c1-13(33-3)23(11-35-38(4,31)32)18(34-10-15-8-6-5-7-9-15)17(36-14(2)30)21(37-23)29-12-26-16-19(24)27-22(25)28-20(16)29/h5-9,12-13,17-18,21H,10-11H2,1-4H3,(H2,25,27,28)/t13?,17-,18+,21-,23-/m1/s1. The number of carbonyl (C=O) groups is 1. The van der Waals surface area contributed by atoms with Gasteiger partial charge in [0.2, 0.25) is 5.95 Å². The molecule has 1 saturated heterocycles. The fraction of sp³-hybridized carbons (Fsp3) is 0.478. The molecule has 15 heteroatoms. The van der Waals surface area contributed by atoms with E-state index in [1.165, 1.54) is 24.9 Å². The molecule has 38 heavy (non-hydrogen) atoms. The third-order valence-corrected chi connectivity index (χ3v) is 7.00. The average Bonchev–Trinajstić information content (AvgIpc) is 3.40. The smallest absolute Gasteiger partial charge is 0.303 e. The number of anilines is 1. The first kappa shape index (κ1) is 28.1. The van der Waals surface area contributed by atoms with E-state index in [-0.39, 0.29) is 28.9 Å². The van der Waals surface area contributed by atoms with Gasteiger partial charge in [-0.25, -0.2) is 4.98 Å². The number of aromatic nitrogens is 4. The van der Waals surface area contributed by atoms with Gasteiger partial charge in [-0.1, -0.05) is 41.9 Å². The quantitative estimate of drug-likeness (QED) is 0.214. The summed E-state index contributed by atoms with van der Waals surface area (Å²) in [6, 6.07) is 9.26. The Balaban J connectivity index is 1.86. The average molecular weight is 570 g/mol. The molecule has 0 radical (unpaired) electrons. The monoisotopic (exact) mass is 569 g/mol. The van der Waals surface area contributed by atoms with Gasteiger partial charge in [0.15, 0.2) is 28.7 Å². The van der Waals surface area contributed by atoms with Crippen molar-refractivity contribution in [1.82, 2.24) is 19.5 Å². The van der Waals surface area contributed by atoms with Gasteiger partial charge >= 0.3 is 5.97 Å². The number of hydrogen-bond acceptors (Lipinski definition) is 12. The van der Waals surface area contributed by atoms with Crippen LogP contribution in [0.4, 0.5) is 5.95 Å². The molecule has 0 aliphatic carbocycles. The van der Waals surface area contributed by atoms with Crippen molar-refractivity contribution >= 4 is 44.8 Å². The number of benzene rings is 1. The molecule has 206 valence electrons. The lowest BCUT2D eigenvalue weighted by Crippen LogP contribution is -2.57. The van der Waals surface area contributed by atoms with Crippen LogP contribution < -0.4 is 5.73 Å². The molecular weight excluding hydrogens is 542 g/mol. The Kier molecular flexibility index (Phi) is 8.20. The molecule has 0 saturated carbocycles. The summed E-state index contributed by atoms with van der Waals surface area (Å²) in [5.41, 5.74) is 5.51. The van der Waals surface area contributed by atoms with Crippen molar-refractivity contribution in [2.75, 3.05) is 25.7 Å². The van der Waals surface area contributed by atoms with Crippen molar-refractivity contribution in [2.45, 2.75) is 50.6 Å². The van der Waals surface area contributed by atoms with Gasteiger partial charge in [0.1, 0.15) is 18.2 Å². The number of ether oxygens (including phenoxy) is 4. The summed E-state index contributed by atoms with van der Waals surface area (Å²) in [5, 5.41) is 0.0158. The number of carbonyl (C=O) groups excluding carboxylic acids is 1. The molecule has 0 spiro atoms. The van der Waals surface area contributed by atoms with Gasteiger partial charge < -0.3 is 24.7 Å². The second-order valence-electron chi connectivity index (χ2n) is 8.80. The molecule has 0 amide bonds. The van der Waals surface area contributed by atoms with Crippen molar-refractivity contribution in [3.63, 3.8) is 0 Å². The summed E-state index contributed by atoms with van der Waals surface area (Å²) in [6.07, 6.45) is -1.81. The highest BCUT2D eigenvalue weighted by Gasteiger charge is 2.62. The number of nitrogen functional groups attached to an aromatic ring is 1. The van der Waals surface area contributed by atoms with E-state index in [0.717, 1.165) is 11.8 Å². The summed E-state index contributed by atoms with van der Waals surface area (Å²) >= 11 is 6.21. The lowest BCUT2D eigenvalue weighted by Gasteiger charge is -2.38. The Hall–Kier alpha value is -2.88. The highest BCUT2D eigenvalue weighted by atomic mass is 35.5. The van der Waals surface area contributed by atoms with Crippen molar-refractivity contribution in [1.29, 1.82) is 0 Å². The van der Waals surface area contributed by atoms with E-state index in [2.05, 4.69) is 15.0 Å².